The summed E-state index contributed by atoms with van der Waals surface area (Å²) in [5.41, 5.74) is 1.18. The van der Waals surface area contributed by atoms with Crippen LogP contribution in [0.2, 0.25) is 0 Å². The summed E-state index contributed by atoms with van der Waals surface area (Å²) >= 11 is 1.75. The molecule has 3 rings (SSSR count). The highest BCUT2D eigenvalue weighted by atomic mass is 32.1. The van der Waals surface area contributed by atoms with Crippen molar-refractivity contribution in [1.82, 2.24) is 19.4 Å². The van der Waals surface area contributed by atoms with E-state index in [0.29, 0.717) is 18.3 Å². The summed E-state index contributed by atoms with van der Waals surface area (Å²) in [5.74, 6) is 1.16. The number of hydrogen-bond acceptors (Lipinski definition) is 4. The largest absolute Gasteiger partial charge is 0.342 e. The number of likely N-dealkylation sites (tertiary alicyclic amines) is 1. The lowest BCUT2D eigenvalue weighted by atomic mass is 9.98. The van der Waals surface area contributed by atoms with Crippen LogP contribution in [0.1, 0.15) is 62.1 Å². The third-order valence-electron chi connectivity index (χ3n) is 4.62. The maximum atomic E-state index is 12.5. The van der Waals surface area contributed by atoms with Crippen molar-refractivity contribution in [3.63, 3.8) is 0 Å². The number of aromatic nitrogens is 3. The molecule has 1 aliphatic heterocycles. The van der Waals surface area contributed by atoms with Crippen molar-refractivity contribution >= 4 is 17.2 Å². The van der Waals surface area contributed by atoms with Gasteiger partial charge in [-0.05, 0) is 25.2 Å². The van der Waals surface area contributed by atoms with Crippen LogP contribution in [0.3, 0.4) is 0 Å². The van der Waals surface area contributed by atoms with Crippen LogP contribution in [0, 0.1) is 0 Å². The molecule has 24 heavy (non-hydrogen) atoms. The third-order valence-corrected chi connectivity index (χ3v) is 5.65. The van der Waals surface area contributed by atoms with E-state index in [0.717, 1.165) is 38.9 Å². The van der Waals surface area contributed by atoms with Gasteiger partial charge >= 0.3 is 0 Å². The van der Waals surface area contributed by atoms with Gasteiger partial charge in [0, 0.05) is 49.7 Å². The first kappa shape index (κ1) is 17.1. The average Bonchev–Trinajstić information content (AvgIpc) is 3.26. The Morgan fingerprint density at radius 2 is 2.33 bits per heavy atom. The molecule has 0 radical (unpaired) electrons. The Morgan fingerprint density at radius 1 is 1.46 bits per heavy atom. The van der Waals surface area contributed by atoms with Gasteiger partial charge in [0.15, 0.2) is 0 Å². The van der Waals surface area contributed by atoms with E-state index in [-0.39, 0.29) is 5.91 Å². The Balaban J connectivity index is 1.51. The molecule has 2 aromatic heterocycles. The van der Waals surface area contributed by atoms with Crippen LogP contribution in [-0.4, -0.2) is 38.4 Å². The lowest BCUT2D eigenvalue weighted by Crippen LogP contribution is -2.39. The van der Waals surface area contributed by atoms with Gasteiger partial charge in [-0.15, -0.1) is 11.3 Å². The fraction of sp³-hybridized carbons (Fsp3) is 0.611. The number of piperidine rings is 1. The topological polar surface area (TPSA) is 51.0 Å². The highest BCUT2D eigenvalue weighted by molar-refractivity contribution is 7.09. The van der Waals surface area contributed by atoms with E-state index in [2.05, 4.69) is 24.2 Å². The fourth-order valence-electron chi connectivity index (χ4n) is 3.15. The molecule has 0 unspecified atom stereocenters. The van der Waals surface area contributed by atoms with Crippen molar-refractivity contribution in [3.8, 4) is 0 Å². The number of thiazole rings is 1. The maximum absolute atomic E-state index is 12.5. The molecular weight excluding hydrogens is 320 g/mol. The van der Waals surface area contributed by atoms with E-state index in [1.165, 1.54) is 10.7 Å². The molecule has 3 heterocycles. The second kappa shape index (κ2) is 7.92. The van der Waals surface area contributed by atoms with Gasteiger partial charge in [-0.25, -0.2) is 9.97 Å². The minimum atomic E-state index is 0.278. The van der Waals surface area contributed by atoms with E-state index < -0.39 is 0 Å². The number of carbonyl (C=O) groups excluding carboxylic acids is 1. The van der Waals surface area contributed by atoms with Crippen LogP contribution < -0.4 is 0 Å². The summed E-state index contributed by atoms with van der Waals surface area (Å²) in [6.07, 6.45) is 9.21. The number of nitrogens with zero attached hydrogens (tertiary/aromatic N) is 4. The number of rotatable bonds is 6. The molecule has 0 N–H and O–H groups in total. The standard InChI is InChI=1S/C18H26N4OS/c1-14(2)16-12-24-18(20-16)15-5-3-9-22(11-15)17(23)6-4-8-21-10-7-19-13-21/h7,10,12-15H,3-6,8-9,11H2,1-2H3/t15-/m0/s1. The van der Waals surface area contributed by atoms with Crippen LogP contribution in [0.4, 0.5) is 0 Å². The Kier molecular flexibility index (Phi) is 5.66. The van der Waals surface area contributed by atoms with Gasteiger partial charge in [-0.3, -0.25) is 4.79 Å². The fourth-order valence-corrected chi connectivity index (χ4v) is 4.26. The molecule has 0 spiro atoms. The zero-order chi connectivity index (χ0) is 16.9. The quantitative estimate of drug-likeness (QED) is 0.802. The molecule has 5 nitrogen and oxygen atoms in total. The minimum absolute atomic E-state index is 0.278. The van der Waals surface area contributed by atoms with E-state index >= 15 is 0 Å². The Hall–Kier alpha value is -1.69. The van der Waals surface area contributed by atoms with E-state index in [1.54, 1.807) is 23.9 Å². The Labute approximate surface area is 147 Å². The van der Waals surface area contributed by atoms with Crippen LogP contribution in [-0.2, 0) is 11.3 Å². The summed E-state index contributed by atoms with van der Waals surface area (Å²) in [6.45, 7) is 6.93. The van der Waals surface area contributed by atoms with E-state index in [1.807, 2.05) is 15.7 Å². The Bertz CT molecular complexity index is 650. The first-order chi connectivity index (χ1) is 11.6. The normalized spacial score (nSPS) is 18.3. The molecule has 2 aromatic rings. The van der Waals surface area contributed by atoms with E-state index in [9.17, 15) is 4.79 Å². The SMILES string of the molecule is CC(C)c1csc([C@H]2CCCN(C(=O)CCCn3ccnc3)C2)n1. The number of hydrogen-bond donors (Lipinski definition) is 0. The number of aryl methyl sites for hydroxylation is 1. The van der Waals surface area contributed by atoms with Gasteiger partial charge in [0.05, 0.1) is 17.0 Å². The third kappa shape index (κ3) is 4.23. The minimum Gasteiger partial charge on any atom is -0.342 e. The molecule has 0 bridgehead atoms. The van der Waals surface area contributed by atoms with Gasteiger partial charge in [0.1, 0.15) is 0 Å². The van der Waals surface area contributed by atoms with Crippen LogP contribution >= 0.6 is 11.3 Å². The van der Waals surface area contributed by atoms with Crippen molar-refractivity contribution in [2.45, 2.75) is 57.9 Å². The van der Waals surface area contributed by atoms with Gasteiger partial charge in [0.25, 0.3) is 0 Å². The number of amides is 1. The lowest BCUT2D eigenvalue weighted by Gasteiger charge is -2.32. The van der Waals surface area contributed by atoms with Crippen molar-refractivity contribution in [2.24, 2.45) is 0 Å². The number of carbonyl (C=O) groups is 1. The average molecular weight is 346 g/mol. The smallest absolute Gasteiger partial charge is 0.222 e. The second-order valence-electron chi connectivity index (χ2n) is 6.85. The summed E-state index contributed by atoms with van der Waals surface area (Å²) in [5, 5.41) is 3.38. The van der Waals surface area contributed by atoms with Gasteiger partial charge in [-0.2, -0.15) is 0 Å². The van der Waals surface area contributed by atoms with Crippen molar-refractivity contribution in [2.75, 3.05) is 13.1 Å². The van der Waals surface area contributed by atoms with Crippen LogP contribution in [0.5, 0.6) is 0 Å². The molecule has 1 amide bonds. The summed E-state index contributed by atoms with van der Waals surface area (Å²) in [4.78, 5) is 23.4. The highest BCUT2D eigenvalue weighted by Crippen LogP contribution is 2.31. The van der Waals surface area contributed by atoms with Crippen LogP contribution in [0.15, 0.2) is 24.1 Å². The second-order valence-corrected chi connectivity index (χ2v) is 7.74. The maximum Gasteiger partial charge on any atom is 0.222 e. The predicted octanol–water partition coefficient (Wildman–Crippen LogP) is 3.65. The molecule has 0 saturated carbocycles. The van der Waals surface area contributed by atoms with Crippen molar-refractivity contribution in [3.05, 3.63) is 34.8 Å². The predicted molar refractivity (Wildman–Crippen MR) is 96.2 cm³/mol. The first-order valence-electron chi connectivity index (χ1n) is 8.82. The number of imidazole rings is 1. The molecule has 6 heteroatoms. The Morgan fingerprint density at radius 3 is 3.04 bits per heavy atom. The molecular formula is C18H26N4OS. The summed E-state index contributed by atoms with van der Waals surface area (Å²) in [7, 11) is 0. The zero-order valence-corrected chi connectivity index (χ0v) is 15.3. The monoisotopic (exact) mass is 346 g/mol. The van der Waals surface area contributed by atoms with Gasteiger partial charge < -0.3 is 9.47 Å². The van der Waals surface area contributed by atoms with Crippen molar-refractivity contribution < 1.29 is 4.79 Å². The van der Waals surface area contributed by atoms with E-state index in [4.69, 9.17) is 4.98 Å². The van der Waals surface area contributed by atoms with Crippen LogP contribution in [0.25, 0.3) is 0 Å². The lowest BCUT2D eigenvalue weighted by molar-refractivity contribution is -0.132. The van der Waals surface area contributed by atoms with Gasteiger partial charge in [0.2, 0.25) is 5.91 Å². The molecule has 1 atom stereocenters. The molecule has 1 saturated heterocycles. The molecule has 130 valence electrons. The molecule has 1 aliphatic rings. The molecule has 1 fully saturated rings. The van der Waals surface area contributed by atoms with Crippen molar-refractivity contribution in [1.29, 1.82) is 0 Å². The first-order valence-corrected chi connectivity index (χ1v) is 9.70. The zero-order valence-electron chi connectivity index (χ0n) is 14.5. The molecule has 0 aliphatic carbocycles. The molecule has 0 aromatic carbocycles. The van der Waals surface area contributed by atoms with Gasteiger partial charge in [-0.1, -0.05) is 13.8 Å². The highest BCUT2D eigenvalue weighted by Gasteiger charge is 2.26. The summed E-state index contributed by atoms with van der Waals surface area (Å²) in [6, 6.07) is 0. The summed E-state index contributed by atoms with van der Waals surface area (Å²) < 4.78 is 2.02.